The summed E-state index contributed by atoms with van der Waals surface area (Å²) in [6, 6.07) is 0. The number of fused-ring (bicyclic) bond motifs is 5. The van der Waals surface area contributed by atoms with Gasteiger partial charge in [0.25, 0.3) is 0 Å². The normalized spacial score (nSPS) is 48.8. The maximum absolute atomic E-state index is 11.3. The van der Waals surface area contributed by atoms with E-state index in [1.807, 2.05) is 0 Å². The zero-order chi connectivity index (χ0) is 23.4. The predicted octanol–water partition coefficient (Wildman–Crippen LogP) is 4.47. The van der Waals surface area contributed by atoms with Crippen LogP contribution < -0.4 is 0 Å². The molecule has 0 amide bonds. The van der Waals surface area contributed by atoms with Gasteiger partial charge in [-0.15, -0.1) is 0 Å². The van der Waals surface area contributed by atoms with Gasteiger partial charge in [0.05, 0.1) is 24.2 Å². The number of hydrogen-bond acceptors (Lipinski definition) is 4. The topological polar surface area (TPSA) is 98.0 Å². The standard InChI is InChI=1S/C27H46O5/c1-15(5-8-22(29)16(2)25(31)32)19-6-7-20-24-21(10-12-27(19,20)4)26(3)11-9-18(28)13-17(26)14-23(24)30/h15-24,28-30H,5-14H2,1-4H3,(H,31,32)/t15-,16-,17+,18-,19-,20+,21+,22+,23-,24+,26+,27-/m1/s1. The zero-order valence-electron chi connectivity index (χ0n) is 20.5. The Kier molecular flexibility index (Phi) is 6.77. The second-order valence-corrected chi connectivity index (χ2v) is 12.7. The van der Waals surface area contributed by atoms with Crippen molar-refractivity contribution in [2.45, 2.75) is 110 Å². The predicted molar refractivity (Wildman–Crippen MR) is 124 cm³/mol. The van der Waals surface area contributed by atoms with Gasteiger partial charge in [-0.2, -0.15) is 0 Å². The molecule has 0 aliphatic heterocycles. The summed E-state index contributed by atoms with van der Waals surface area (Å²) in [7, 11) is 0. The molecule has 0 heterocycles. The number of rotatable bonds is 6. The highest BCUT2D eigenvalue weighted by Crippen LogP contribution is 2.68. The maximum Gasteiger partial charge on any atom is 0.308 e. The number of carboxylic acid groups (broad SMARTS) is 1. The Morgan fingerprint density at radius 2 is 1.59 bits per heavy atom. The molecule has 0 radical (unpaired) electrons. The van der Waals surface area contributed by atoms with Crippen LogP contribution in [0.4, 0.5) is 0 Å². The largest absolute Gasteiger partial charge is 0.481 e. The molecule has 4 fully saturated rings. The molecule has 5 heteroatoms. The zero-order valence-corrected chi connectivity index (χ0v) is 20.5. The van der Waals surface area contributed by atoms with Crippen molar-refractivity contribution in [1.29, 1.82) is 0 Å². The molecule has 0 bridgehead atoms. The molecule has 4 aliphatic carbocycles. The first-order valence-electron chi connectivity index (χ1n) is 13.3. The average Bonchev–Trinajstić information content (AvgIpc) is 3.09. The van der Waals surface area contributed by atoms with Gasteiger partial charge in [0.2, 0.25) is 0 Å². The summed E-state index contributed by atoms with van der Waals surface area (Å²) in [5.74, 6) is 1.32. The van der Waals surface area contributed by atoms with Crippen LogP contribution in [0.5, 0.6) is 0 Å². The van der Waals surface area contributed by atoms with Crippen LogP contribution in [0.3, 0.4) is 0 Å². The van der Waals surface area contributed by atoms with E-state index in [1.54, 1.807) is 6.92 Å². The van der Waals surface area contributed by atoms with E-state index in [2.05, 4.69) is 20.8 Å². The number of carboxylic acids is 1. The van der Waals surface area contributed by atoms with Gasteiger partial charge in [-0.1, -0.05) is 20.8 Å². The van der Waals surface area contributed by atoms with Gasteiger partial charge < -0.3 is 20.4 Å². The minimum atomic E-state index is -0.926. The van der Waals surface area contributed by atoms with Crippen LogP contribution in [-0.2, 0) is 4.79 Å². The van der Waals surface area contributed by atoms with Crippen LogP contribution >= 0.6 is 0 Å². The third-order valence-corrected chi connectivity index (χ3v) is 11.3. The van der Waals surface area contributed by atoms with Gasteiger partial charge in [0.15, 0.2) is 0 Å². The summed E-state index contributed by atoms with van der Waals surface area (Å²) in [5, 5.41) is 41.1. The molecule has 0 aromatic carbocycles. The second kappa shape index (κ2) is 8.85. The van der Waals surface area contributed by atoms with E-state index < -0.39 is 18.0 Å². The molecule has 0 aromatic heterocycles. The summed E-state index contributed by atoms with van der Waals surface area (Å²) in [4.78, 5) is 11.2. The van der Waals surface area contributed by atoms with Gasteiger partial charge >= 0.3 is 5.97 Å². The Labute approximate surface area is 194 Å². The van der Waals surface area contributed by atoms with E-state index >= 15 is 0 Å². The first-order valence-corrected chi connectivity index (χ1v) is 13.3. The molecule has 5 nitrogen and oxygen atoms in total. The number of aliphatic carboxylic acids is 1. The van der Waals surface area contributed by atoms with E-state index in [9.17, 15) is 25.2 Å². The quantitative estimate of drug-likeness (QED) is 0.478. The fraction of sp³-hybridized carbons (Fsp3) is 0.963. The third-order valence-electron chi connectivity index (χ3n) is 11.3. The summed E-state index contributed by atoms with van der Waals surface area (Å²) >= 11 is 0. The lowest BCUT2D eigenvalue weighted by atomic mass is 9.43. The Morgan fingerprint density at radius 3 is 2.28 bits per heavy atom. The van der Waals surface area contributed by atoms with Crippen LogP contribution in [0.1, 0.15) is 91.9 Å². The highest BCUT2D eigenvalue weighted by atomic mass is 16.4. The number of hydrogen-bond donors (Lipinski definition) is 4. The molecule has 0 saturated heterocycles. The second-order valence-electron chi connectivity index (χ2n) is 12.7. The van der Waals surface area contributed by atoms with Crippen molar-refractivity contribution in [2.24, 2.45) is 52.3 Å². The van der Waals surface area contributed by atoms with E-state index in [1.165, 1.54) is 25.7 Å². The van der Waals surface area contributed by atoms with Gasteiger partial charge in [0.1, 0.15) is 0 Å². The first-order chi connectivity index (χ1) is 15.0. The SMILES string of the molecule is C[C@H](CC[C@H](O)[C@@H](C)C(=O)O)[C@H]1CC[C@H]2[C@@H]3[C@H](O)C[C@@H]4C[C@H](O)CC[C@]4(C)[C@H]3CC[C@]12C. The van der Waals surface area contributed by atoms with E-state index in [-0.39, 0.29) is 23.0 Å². The molecule has 4 rings (SSSR count). The lowest BCUT2D eigenvalue weighted by Crippen LogP contribution is -2.58. The van der Waals surface area contributed by atoms with Crippen LogP contribution in [0.25, 0.3) is 0 Å². The Hall–Kier alpha value is -0.650. The van der Waals surface area contributed by atoms with Crippen LogP contribution in [-0.4, -0.2) is 44.7 Å². The minimum Gasteiger partial charge on any atom is -0.481 e. The van der Waals surface area contributed by atoms with Crippen molar-refractivity contribution in [3.63, 3.8) is 0 Å². The monoisotopic (exact) mass is 450 g/mol. The van der Waals surface area contributed by atoms with Gasteiger partial charge in [-0.05, 0) is 117 Å². The molecule has 4 aliphatic rings. The van der Waals surface area contributed by atoms with Crippen molar-refractivity contribution in [2.75, 3.05) is 0 Å². The number of aliphatic hydroxyl groups excluding tert-OH is 3. The average molecular weight is 451 g/mol. The van der Waals surface area contributed by atoms with E-state index in [4.69, 9.17) is 0 Å². The smallest absolute Gasteiger partial charge is 0.308 e. The highest BCUT2D eigenvalue weighted by Gasteiger charge is 2.62. The van der Waals surface area contributed by atoms with Crippen molar-refractivity contribution in [3.05, 3.63) is 0 Å². The van der Waals surface area contributed by atoms with Crippen molar-refractivity contribution in [1.82, 2.24) is 0 Å². The van der Waals surface area contributed by atoms with Crippen molar-refractivity contribution in [3.8, 4) is 0 Å². The lowest BCUT2D eigenvalue weighted by molar-refractivity contribution is -0.174. The molecule has 12 atom stereocenters. The van der Waals surface area contributed by atoms with Gasteiger partial charge in [-0.3, -0.25) is 4.79 Å². The van der Waals surface area contributed by atoms with Crippen molar-refractivity contribution >= 4 is 5.97 Å². The first kappa shape index (κ1) is 24.5. The molecule has 4 N–H and O–H groups in total. The fourth-order valence-electron chi connectivity index (χ4n) is 9.22. The van der Waals surface area contributed by atoms with Crippen molar-refractivity contribution < 1.29 is 25.2 Å². The molecule has 32 heavy (non-hydrogen) atoms. The van der Waals surface area contributed by atoms with E-state index in [0.29, 0.717) is 41.9 Å². The third kappa shape index (κ3) is 3.94. The van der Waals surface area contributed by atoms with Gasteiger partial charge in [0, 0.05) is 0 Å². The minimum absolute atomic E-state index is 0.193. The summed E-state index contributed by atoms with van der Waals surface area (Å²) in [6.07, 6.45) is 8.64. The molecular weight excluding hydrogens is 404 g/mol. The molecule has 0 unspecified atom stereocenters. The molecular formula is C27H46O5. The van der Waals surface area contributed by atoms with Crippen LogP contribution in [0.15, 0.2) is 0 Å². The van der Waals surface area contributed by atoms with E-state index in [0.717, 1.165) is 32.1 Å². The number of carbonyl (C=O) groups is 1. The summed E-state index contributed by atoms with van der Waals surface area (Å²) in [6.45, 7) is 8.80. The molecule has 184 valence electrons. The Morgan fingerprint density at radius 1 is 0.938 bits per heavy atom. The highest BCUT2D eigenvalue weighted by molar-refractivity contribution is 5.70. The molecule has 4 saturated carbocycles. The maximum atomic E-state index is 11.3. The van der Waals surface area contributed by atoms with Gasteiger partial charge in [-0.25, -0.2) is 0 Å². The van der Waals surface area contributed by atoms with Crippen LogP contribution in [0, 0.1) is 52.3 Å². The Bertz CT molecular complexity index is 696. The summed E-state index contributed by atoms with van der Waals surface area (Å²) in [5.41, 5.74) is 0.480. The summed E-state index contributed by atoms with van der Waals surface area (Å²) < 4.78 is 0. The van der Waals surface area contributed by atoms with Crippen LogP contribution in [0.2, 0.25) is 0 Å². The molecule has 0 aromatic rings. The lowest BCUT2D eigenvalue weighted by Gasteiger charge is -2.62. The number of aliphatic hydroxyl groups is 3. The fourth-order valence-corrected chi connectivity index (χ4v) is 9.22. The molecule has 0 spiro atoms. The Balaban J connectivity index is 1.47.